The van der Waals surface area contributed by atoms with Gasteiger partial charge in [0.05, 0.1) is 6.10 Å². The van der Waals surface area contributed by atoms with E-state index in [1.807, 2.05) is 0 Å². The van der Waals surface area contributed by atoms with Gasteiger partial charge >= 0.3 is 11.9 Å². The Labute approximate surface area is 274 Å². The maximum Gasteiger partial charge on any atom is 0.328 e. The fourth-order valence-electron chi connectivity index (χ4n) is 6.42. The minimum Gasteiger partial charge on any atom is -0.478 e. The van der Waals surface area contributed by atoms with Gasteiger partial charge in [-0.2, -0.15) is 0 Å². The molecule has 46 heavy (non-hydrogen) atoms. The van der Waals surface area contributed by atoms with Crippen molar-refractivity contribution in [2.75, 3.05) is 19.6 Å². The predicted octanol–water partition coefficient (Wildman–Crippen LogP) is 7.99. The third-order valence-corrected chi connectivity index (χ3v) is 9.03. The molecule has 3 N–H and O–H groups in total. The molecule has 6 nitrogen and oxygen atoms in total. The van der Waals surface area contributed by atoms with E-state index in [1.165, 1.54) is 65.6 Å². The number of unbranched alkanes of at least 4 members (excludes halogenated alkanes) is 2. The van der Waals surface area contributed by atoms with Gasteiger partial charge in [0.25, 0.3) is 0 Å². The Kier molecular flexibility index (Phi) is 12.5. The van der Waals surface area contributed by atoms with Crippen molar-refractivity contribution >= 4 is 17.5 Å². The molecule has 0 saturated carbocycles. The number of fused-ring (bicyclic) bond motifs is 2. The number of benzene rings is 3. The molecule has 0 spiro atoms. The Morgan fingerprint density at radius 1 is 0.739 bits per heavy atom. The van der Waals surface area contributed by atoms with Crippen LogP contribution in [0.25, 0.3) is 5.57 Å². The van der Waals surface area contributed by atoms with Gasteiger partial charge < -0.3 is 20.2 Å². The maximum absolute atomic E-state index is 10.7. The number of carbonyl (C=O) groups is 2. The minimum atomic E-state index is -1.26. The average Bonchev–Trinajstić information content (AvgIpc) is 3.21. The van der Waals surface area contributed by atoms with E-state index in [2.05, 4.69) is 98.5 Å². The van der Waals surface area contributed by atoms with Gasteiger partial charge in [-0.1, -0.05) is 112 Å². The highest BCUT2D eigenvalue weighted by atomic mass is 16.4. The lowest BCUT2D eigenvalue weighted by Gasteiger charge is -2.30. The summed E-state index contributed by atoms with van der Waals surface area (Å²) < 4.78 is 0. The number of hydrogen-bond donors (Lipinski definition) is 3. The van der Waals surface area contributed by atoms with Crippen molar-refractivity contribution in [2.24, 2.45) is 0 Å². The summed E-state index contributed by atoms with van der Waals surface area (Å²) >= 11 is 0. The van der Waals surface area contributed by atoms with Crippen LogP contribution in [0.5, 0.6) is 0 Å². The minimum absolute atomic E-state index is 0.153. The summed E-state index contributed by atoms with van der Waals surface area (Å²) in [5.74, 6) is -2.51. The molecule has 1 fully saturated rings. The molecule has 3 aromatic carbocycles. The van der Waals surface area contributed by atoms with E-state index in [0.29, 0.717) is 12.2 Å². The van der Waals surface area contributed by atoms with E-state index in [-0.39, 0.29) is 11.5 Å². The Morgan fingerprint density at radius 3 is 1.76 bits per heavy atom. The normalized spacial score (nSPS) is 15.7. The van der Waals surface area contributed by atoms with Crippen LogP contribution in [-0.2, 0) is 27.8 Å². The van der Waals surface area contributed by atoms with Crippen molar-refractivity contribution in [2.45, 2.75) is 83.7 Å². The van der Waals surface area contributed by atoms with Crippen LogP contribution in [0.3, 0.4) is 0 Å². The van der Waals surface area contributed by atoms with E-state index in [0.717, 1.165) is 44.3 Å². The number of aliphatic hydroxyl groups excluding tert-OH is 1. The number of nitrogens with zero attached hydrogens (tertiary/aromatic N) is 1. The molecule has 6 heteroatoms. The van der Waals surface area contributed by atoms with Crippen LogP contribution in [0.1, 0.15) is 98.8 Å². The second kappa shape index (κ2) is 16.5. The molecular weight excluding hydrogens is 574 g/mol. The van der Waals surface area contributed by atoms with Gasteiger partial charge in [-0.25, -0.2) is 9.59 Å². The van der Waals surface area contributed by atoms with Crippen molar-refractivity contribution in [3.8, 4) is 0 Å². The third kappa shape index (κ3) is 10.0. The van der Waals surface area contributed by atoms with E-state index in [4.69, 9.17) is 10.2 Å². The first-order chi connectivity index (χ1) is 22.0. The Balaban J connectivity index is 0.000000533. The fraction of sp³-hybridized carbons (Fsp3) is 0.400. The molecule has 0 radical (unpaired) electrons. The summed E-state index contributed by atoms with van der Waals surface area (Å²) in [6.45, 7) is 10.2. The highest BCUT2D eigenvalue weighted by molar-refractivity contribution is 5.89. The summed E-state index contributed by atoms with van der Waals surface area (Å²) in [6.07, 6.45) is 9.70. The first-order valence-corrected chi connectivity index (χ1v) is 16.6. The smallest absolute Gasteiger partial charge is 0.328 e. The molecule has 1 aliphatic carbocycles. The second-order valence-electron chi connectivity index (χ2n) is 13.4. The van der Waals surface area contributed by atoms with Crippen LogP contribution in [0.4, 0.5) is 0 Å². The van der Waals surface area contributed by atoms with Crippen LogP contribution in [-0.4, -0.2) is 51.8 Å². The van der Waals surface area contributed by atoms with Crippen molar-refractivity contribution in [1.29, 1.82) is 0 Å². The zero-order valence-electron chi connectivity index (χ0n) is 27.5. The van der Waals surface area contributed by atoms with Gasteiger partial charge in [0.2, 0.25) is 0 Å². The lowest BCUT2D eigenvalue weighted by Crippen LogP contribution is -2.32. The number of aliphatic hydroxyl groups is 1. The van der Waals surface area contributed by atoms with Crippen molar-refractivity contribution in [1.82, 2.24) is 4.90 Å². The molecule has 1 aliphatic heterocycles. The molecule has 1 saturated heterocycles. The monoisotopic (exact) mass is 623 g/mol. The number of carboxylic acid groups (broad SMARTS) is 2. The largest absolute Gasteiger partial charge is 0.478 e. The standard InChI is InChI=1S/C36H45NO.C4H4O4/c1-36(2,3)31-20-18-29(19-21-31)34(38)15-5-4-10-24-37-25-22-30(23-26-37)35-32-13-8-6-11-27(32)16-17-28-12-7-9-14-33(28)35;5-3(6)1-2-4(7)8/h6-9,11-14,18-21,34,38H,4-5,10,15-17,22-26H2,1-3H3;1-2H,(H,5,6)(H,7,8). The number of carboxylic acids is 2. The van der Waals surface area contributed by atoms with Crippen LogP contribution >= 0.6 is 0 Å². The van der Waals surface area contributed by atoms with Crippen molar-refractivity contribution < 1.29 is 24.9 Å². The van der Waals surface area contributed by atoms with Gasteiger partial charge in [0, 0.05) is 25.2 Å². The van der Waals surface area contributed by atoms with Crippen LogP contribution < -0.4 is 0 Å². The zero-order chi connectivity index (χ0) is 33.1. The number of rotatable bonds is 9. The molecule has 3 aromatic rings. The molecule has 1 unspecified atom stereocenters. The number of aryl methyl sites for hydroxylation is 2. The molecule has 5 rings (SSSR count). The Bertz CT molecular complexity index is 1450. The van der Waals surface area contributed by atoms with Gasteiger partial charge in [0.15, 0.2) is 0 Å². The SMILES string of the molecule is CC(C)(C)c1ccc(C(O)CCCCCN2CCC(=C3c4ccccc4CCc4ccccc43)CC2)cc1.O=C(O)C=CC(=O)O. The van der Waals surface area contributed by atoms with Crippen LogP contribution in [0.15, 0.2) is 90.5 Å². The highest BCUT2D eigenvalue weighted by Gasteiger charge is 2.23. The summed E-state index contributed by atoms with van der Waals surface area (Å²) in [4.78, 5) is 21.8. The maximum atomic E-state index is 10.7. The van der Waals surface area contributed by atoms with Gasteiger partial charge in [-0.3, -0.25) is 0 Å². The molecule has 1 heterocycles. The number of likely N-dealkylation sites (tertiary alicyclic amines) is 1. The van der Waals surface area contributed by atoms with Crippen LogP contribution in [0.2, 0.25) is 0 Å². The third-order valence-electron chi connectivity index (χ3n) is 9.03. The second-order valence-corrected chi connectivity index (χ2v) is 13.4. The van der Waals surface area contributed by atoms with Gasteiger partial charge in [-0.15, -0.1) is 0 Å². The van der Waals surface area contributed by atoms with E-state index >= 15 is 0 Å². The Hall–Kier alpha value is -4.00. The van der Waals surface area contributed by atoms with Crippen molar-refractivity contribution in [3.63, 3.8) is 0 Å². The molecule has 0 aromatic heterocycles. The first-order valence-electron chi connectivity index (χ1n) is 16.6. The highest BCUT2D eigenvalue weighted by Crippen LogP contribution is 2.38. The molecule has 2 aliphatic rings. The summed E-state index contributed by atoms with van der Waals surface area (Å²) in [6, 6.07) is 26.7. The van der Waals surface area contributed by atoms with Gasteiger partial charge in [-0.05, 0) is 89.4 Å². The van der Waals surface area contributed by atoms with E-state index < -0.39 is 11.9 Å². The quantitative estimate of drug-likeness (QED) is 0.165. The van der Waals surface area contributed by atoms with Crippen molar-refractivity contribution in [3.05, 3.63) is 124 Å². The molecule has 0 bridgehead atoms. The number of hydrogen-bond acceptors (Lipinski definition) is 4. The van der Waals surface area contributed by atoms with Crippen LogP contribution in [0, 0.1) is 0 Å². The number of piperidine rings is 1. The topological polar surface area (TPSA) is 98.1 Å². The lowest BCUT2D eigenvalue weighted by molar-refractivity contribution is -0.134. The van der Waals surface area contributed by atoms with E-state index in [1.54, 1.807) is 5.57 Å². The molecule has 1 atom stereocenters. The summed E-state index contributed by atoms with van der Waals surface area (Å²) in [5.41, 5.74) is 11.6. The first kappa shape index (κ1) is 34.9. The molecular formula is C40H49NO5. The van der Waals surface area contributed by atoms with E-state index in [9.17, 15) is 14.7 Å². The number of aliphatic carboxylic acids is 2. The average molecular weight is 624 g/mol. The lowest BCUT2D eigenvalue weighted by atomic mass is 9.86. The predicted molar refractivity (Wildman–Crippen MR) is 185 cm³/mol. The zero-order valence-corrected chi connectivity index (χ0v) is 27.5. The fourth-order valence-corrected chi connectivity index (χ4v) is 6.42. The summed E-state index contributed by atoms with van der Waals surface area (Å²) in [7, 11) is 0. The van der Waals surface area contributed by atoms with Gasteiger partial charge in [0.1, 0.15) is 0 Å². The molecule has 0 amide bonds. The molecule has 244 valence electrons. The Morgan fingerprint density at radius 2 is 1.26 bits per heavy atom. The summed E-state index contributed by atoms with van der Waals surface area (Å²) in [5, 5.41) is 26.3.